The third kappa shape index (κ3) is 2.38. The quantitative estimate of drug-likeness (QED) is 0.840. The maximum atomic E-state index is 13.7. The van der Waals surface area contributed by atoms with Crippen LogP contribution in [-0.4, -0.2) is 19.3 Å². The van der Waals surface area contributed by atoms with Gasteiger partial charge >= 0.3 is 12.1 Å². The molecule has 0 unspecified atom stereocenters. The van der Waals surface area contributed by atoms with E-state index in [-0.39, 0.29) is 5.70 Å². The van der Waals surface area contributed by atoms with Gasteiger partial charge in [-0.1, -0.05) is 18.2 Å². The molecule has 126 valence electrons. The Hall–Kier alpha value is -2.95. The Balaban J connectivity index is 2.78. The molecule has 1 heterocycles. The Morgan fingerprint density at radius 1 is 1.33 bits per heavy atom. The number of hydrogen-bond donors (Lipinski definition) is 1. The number of carbonyl (C=O) groups excluding carboxylic acids is 1. The van der Waals surface area contributed by atoms with Crippen LogP contribution < -0.4 is 10.6 Å². The van der Waals surface area contributed by atoms with Crippen molar-refractivity contribution in [2.24, 2.45) is 11.1 Å². The molecule has 0 radical (unpaired) electrons. The minimum Gasteiger partial charge on any atom is -0.468 e. The van der Waals surface area contributed by atoms with Crippen molar-refractivity contribution in [2.45, 2.75) is 13.1 Å². The molecule has 8 heteroatoms. The van der Waals surface area contributed by atoms with Crippen LogP contribution in [0.2, 0.25) is 0 Å². The molecule has 0 aromatic heterocycles. The number of allylic oxidation sites excluding steroid dienone is 1. The van der Waals surface area contributed by atoms with Crippen molar-refractivity contribution in [2.75, 3.05) is 12.0 Å². The molecule has 0 saturated heterocycles. The fourth-order valence-corrected chi connectivity index (χ4v) is 2.68. The molecule has 0 amide bonds. The van der Waals surface area contributed by atoms with Crippen molar-refractivity contribution >= 4 is 11.7 Å². The fraction of sp³-hybridized carbons (Fsp3) is 0.250. The lowest BCUT2D eigenvalue weighted by Crippen LogP contribution is -2.51. The molecular formula is C16H14F3N3O2. The number of hydrogen-bond acceptors (Lipinski definition) is 5. The van der Waals surface area contributed by atoms with Crippen LogP contribution in [0.3, 0.4) is 0 Å². The number of anilines is 1. The van der Waals surface area contributed by atoms with Crippen LogP contribution in [0, 0.1) is 16.7 Å². The number of nitrogens with two attached hydrogens (primary N) is 1. The van der Waals surface area contributed by atoms with Crippen molar-refractivity contribution < 1.29 is 22.7 Å². The molecule has 1 aromatic carbocycles. The lowest BCUT2D eigenvalue weighted by atomic mass is 9.76. The molecule has 5 nitrogen and oxygen atoms in total. The monoisotopic (exact) mass is 337 g/mol. The fourth-order valence-electron chi connectivity index (χ4n) is 2.68. The van der Waals surface area contributed by atoms with Crippen molar-refractivity contribution in [1.29, 1.82) is 5.26 Å². The maximum absolute atomic E-state index is 13.7. The SMILES string of the molecule is COC(=O)[C@@]1(C(F)(F)F)C=C(C)N(c2ccccc2)C(N)=C1C#N. The number of esters is 1. The Labute approximate surface area is 136 Å². The van der Waals surface area contributed by atoms with Gasteiger partial charge in [0.25, 0.3) is 0 Å². The van der Waals surface area contributed by atoms with E-state index in [0.717, 1.165) is 7.11 Å². The average molecular weight is 337 g/mol. The molecule has 0 saturated carbocycles. The molecule has 24 heavy (non-hydrogen) atoms. The number of alkyl halides is 3. The van der Waals surface area contributed by atoms with E-state index in [9.17, 15) is 23.2 Å². The van der Waals surface area contributed by atoms with Crippen molar-refractivity contribution in [3.8, 4) is 6.07 Å². The number of methoxy groups -OCH3 is 1. The van der Waals surface area contributed by atoms with Gasteiger partial charge in [-0.3, -0.25) is 4.79 Å². The minimum atomic E-state index is -5.08. The minimum absolute atomic E-state index is 0.0559. The second-order valence-electron chi connectivity index (χ2n) is 5.13. The highest BCUT2D eigenvalue weighted by atomic mass is 19.4. The van der Waals surface area contributed by atoms with E-state index < -0.39 is 29.0 Å². The number of benzene rings is 1. The molecule has 0 spiro atoms. The van der Waals surface area contributed by atoms with Gasteiger partial charge in [0, 0.05) is 11.4 Å². The highest BCUT2D eigenvalue weighted by Gasteiger charge is 2.65. The van der Waals surface area contributed by atoms with E-state index in [1.807, 2.05) is 0 Å². The average Bonchev–Trinajstić information content (AvgIpc) is 2.53. The van der Waals surface area contributed by atoms with Crippen LogP contribution in [0.1, 0.15) is 6.92 Å². The van der Waals surface area contributed by atoms with Gasteiger partial charge in [-0.05, 0) is 25.1 Å². The van der Waals surface area contributed by atoms with Crippen molar-refractivity contribution in [3.05, 3.63) is 53.5 Å². The summed E-state index contributed by atoms with van der Waals surface area (Å²) in [4.78, 5) is 13.3. The number of carbonyl (C=O) groups is 1. The summed E-state index contributed by atoms with van der Waals surface area (Å²) in [5.41, 5.74) is 2.23. The highest BCUT2D eigenvalue weighted by Crippen LogP contribution is 2.50. The molecule has 2 rings (SSSR count). The van der Waals surface area contributed by atoms with Gasteiger partial charge in [0.1, 0.15) is 17.5 Å². The summed E-state index contributed by atoms with van der Waals surface area (Å²) < 4.78 is 45.6. The Morgan fingerprint density at radius 3 is 2.38 bits per heavy atom. The standard InChI is InChI=1S/C16H14F3N3O2/c1-10-8-15(14(23)24-2,16(17,18)19)12(9-20)13(21)22(10)11-6-4-3-5-7-11/h3-8H,21H2,1-2H3/t15-/m1/s1. The van der Waals surface area contributed by atoms with Crippen molar-refractivity contribution in [1.82, 2.24) is 0 Å². The van der Waals surface area contributed by atoms with E-state index in [4.69, 9.17) is 5.73 Å². The molecule has 1 aliphatic rings. The van der Waals surface area contributed by atoms with Crippen LogP contribution >= 0.6 is 0 Å². The normalized spacial score (nSPS) is 21.2. The maximum Gasteiger partial charge on any atom is 0.413 e. The summed E-state index contributed by atoms with van der Waals surface area (Å²) in [5, 5.41) is 9.30. The van der Waals surface area contributed by atoms with Gasteiger partial charge in [0.2, 0.25) is 5.41 Å². The van der Waals surface area contributed by atoms with Gasteiger partial charge in [0.05, 0.1) is 7.11 Å². The third-order valence-electron chi connectivity index (χ3n) is 3.75. The first kappa shape index (κ1) is 17.4. The zero-order chi connectivity index (χ0) is 18.1. The van der Waals surface area contributed by atoms with Crippen LogP contribution in [-0.2, 0) is 9.53 Å². The molecule has 2 N–H and O–H groups in total. The summed E-state index contributed by atoms with van der Waals surface area (Å²) in [7, 11) is 0.827. The molecule has 0 fully saturated rings. The van der Waals surface area contributed by atoms with Gasteiger partial charge < -0.3 is 15.4 Å². The molecule has 1 aliphatic heterocycles. The van der Waals surface area contributed by atoms with E-state index >= 15 is 0 Å². The summed E-state index contributed by atoms with van der Waals surface area (Å²) >= 11 is 0. The molecule has 0 bridgehead atoms. The second kappa shape index (κ2) is 5.92. The molecule has 1 atom stereocenters. The summed E-state index contributed by atoms with van der Waals surface area (Å²) in [5.74, 6) is -2.08. The smallest absolute Gasteiger partial charge is 0.413 e. The number of nitrogens with zero attached hydrogens (tertiary/aromatic N) is 2. The number of rotatable bonds is 2. The first-order valence-corrected chi connectivity index (χ1v) is 6.80. The van der Waals surface area contributed by atoms with Gasteiger partial charge in [-0.25, -0.2) is 0 Å². The van der Waals surface area contributed by atoms with E-state index in [1.165, 1.54) is 17.9 Å². The zero-order valence-corrected chi connectivity index (χ0v) is 12.9. The van der Waals surface area contributed by atoms with Crippen LogP contribution in [0.15, 0.2) is 53.5 Å². The lowest BCUT2D eigenvalue weighted by molar-refractivity contribution is -0.209. The highest BCUT2D eigenvalue weighted by molar-refractivity contribution is 5.88. The molecule has 1 aromatic rings. The summed E-state index contributed by atoms with van der Waals surface area (Å²) in [6.07, 6.45) is -4.42. The van der Waals surface area contributed by atoms with E-state index in [2.05, 4.69) is 4.74 Å². The summed E-state index contributed by atoms with van der Waals surface area (Å²) in [6, 6.07) is 9.76. The Morgan fingerprint density at radius 2 is 1.92 bits per heavy atom. The zero-order valence-electron chi connectivity index (χ0n) is 12.9. The number of nitriles is 1. The lowest BCUT2D eigenvalue weighted by Gasteiger charge is -2.39. The number of para-hydroxylation sites is 1. The van der Waals surface area contributed by atoms with Crippen LogP contribution in [0.25, 0.3) is 0 Å². The molecule has 0 aliphatic carbocycles. The first-order chi connectivity index (χ1) is 11.2. The van der Waals surface area contributed by atoms with E-state index in [0.29, 0.717) is 11.8 Å². The predicted octanol–water partition coefficient (Wildman–Crippen LogP) is 2.83. The van der Waals surface area contributed by atoms with Crippen LogP contribution in [0.4, 0.5) is 18.9 Å². The Kier molecular flexibility index (Phi) is 4.30. The van der Waals surface area contributed by atoms with Crippen molar-refractivity contribution in [3.63, 3.8) is 0 Å². The largest absolute Gasteiger partial charge is 0.468 e. The summed E-state index contributed by atoms with van der Waals surface area (Å²) in [6.45, 7) is 1.37. The van der Waals surface area contributed by atoms with Gasteiger partial charge in [-0.2, -0.15) is 18.4 Å². The van der Waals surface area contributed by atoms with E-state index in [1.54, 1.807) is 30.3 Å². The Bertz CT molecular complexity index is 763. The first-order valence-electron chi connectivity index (χ1n) is 6.80. The topological polar surface area (TPSA) is 79.3 Å². The molecular weight excluding hydrogens is 323 g/mol. The third-order valence-corrected chi connectivity index (χ3v) is 3.75. The number of ether oxygens (including phenoxy) is 1. The van der Waals surface area contributed by atoms with Gasteiger partial charge in [0.15, 0.2) is 0 Å². The predicted molar refractivity (Wildman–Crippen MR) is 80.0 cm³/mol. The second-order valence-corrected chi connectivity index (χ2v) is 5.13. The number of halogens is 3. The van der Waals surface area contributed by atoms with Gasteiger partial charge in [-0.15, -0.1) is 0 Å². The van der Waals surface area contributed by atoms with Crippen LogP contribution in [0.5, 0.6) is 0 Å².